The average molecular weight is 258 g/mol. The highest BCUT2D eigenvalue weighted by Crippen LogP contribution is 2.14. The molecule has 0 saturated heterocycles. The van der Waals surface area contributed by atoms with Crippen molar-refractivity contribution in [2.24, 2.45) is 0 Å². The summed E-state index contributed by atoms with van der Waals surface area (Å²) in [5.41, 5.74) is 1.42. The van der Waals surface area contributed by atoms with Gasteiger partial charge >= 0.3 is 0 Å². The molecule has 0 fully saturated rings. The number of nitrogens with one attached hydrogen (secondary N) is 1. The topological polar surface area (TPSA) is 45.1 Å². The van der Waals surface area contributed by atoms with Crippen LogP contribution in [0.3, 0.4) is 0 Å². The molecule has 0 spiro atoms. The second-order valence-electron chi connectivity index (χ2n) is 5.03. The number of rotatable bonds is 6. The van der Waals surface area contributed by atoms with Gasteiger partial charge in [-0.3, -0.25) is 4.98 Å². The molecule has 19 heavy (non-hydrogen) atoms. The largest absolute Gasteiger partial charge is 0.389 e. The minimum atomic E-state index is -0.600. The third-order valence-electron chi connectivity index (χ3n) is 3.73. The molecule has 0 saturated carbocycles. The molecule has 2 N–H and O–H groups in total. The zero-order valence-corrected chi connectivity index (χ0v) is 11.7. The summed E-state index contributed by atoms with van der Waals surface area (Å²) in [5, 5.41) is 14.6. The first kappa shape index (κ1) is 14.0. The predicted molar refractivity (Wildman–Crippen MR) is 79.0 cm³/mol. The van der Waals surface area contributed by atoms with Crippen LogP contribution < -0.4 is 5.32 Å². The molecule has 3 nitrogen and oxygen atoms in total. The summed E-state index contributed by atoms with van der Waals surface area (Å²) in [7, 11) is 0. The molecule has 0 bridgehead atoms. The summed E-state index contributed by atoms with van der Waals surface area (Å²) in [6, 6.07) is 12.2. The lowest BCUT2D eigenvalue weighted by Crippen LogP contribution is -2.39. The number of benzene rings is 1. The third-order valence-corrected chi connectivity index (χ3v) is 3.73. The fraction of sp³-hybridized carbons (Fsp3) is 0.438. The van der Waals surface area contributed by atoms with Crippen molar-refractivity contribution in [1.29, 1.82) is 0 Å². The number of hydrogen-bond acceptors (Lipinski definition) is 3. The van der Waals surface area contributed by atoms with Gasteiger partial charge < -0.3 is 10.4 Å². The number of para-hydroxylation sites is 1. The minimum absolute atomic E-state index is 0.600. The van der Waals surface area contributed by atoms with Crippen LogP contribution in [0.25, 0.3) is 10.9 Å². The Kier molecular flexibility index (Phi) is 4.51. The van der Waals surface area contributed by atoms with E-state index in [-0.39, 0.29) is 0 Å². The maximum absolute atomic E-state index is 10.2. The van der Waals surface area contributed by atoms with Gasteiger partial charge in [0.25, 0.3) is 0 Å². The second kappa shape index (κ2) is 6.13. The molecule has 0 aliphatic carbocycles. The number of aliphatic hydroxyl groups is 1. The maximum Gasteiger partial charge on any atom is 0.0766 e. The van der Waals surface area contributed by atoms with E-state index in [1.165, 1.54) is 0 Å². The maximum atomic E-state index is 10.2. The van der Waals surface area contributed by atoms with Crippen molar-refractivity contribution < 1.29 is 5.11 Å². The van der Waals surface area contributed by atoms with Crippen molar-refractivity contribution in [2.75, 3.05) is 6.54 Å². The Labute approximate surface area is 114 Å². The molecular weight excluding hydrogens is 236 g/mol. The fourth-order valence-corrected chi connectivity index (χ4v) is 2.13. The van der Waals surface area contributed by atoms with E-state index in [0.29, 0.717) is 13.1 Å². The number of pyridine rings is 1. The highest BCUT2D eigenvalue weighted by molar-refractivity contribution is 5.78. The van der Waals surface area contributed by atoms with Crippen LogP contribution in [-0.4, -0.2) is 22.2 Å². The molecule has 0 aliphatic rings. The number of fused-ring (bicyclic) bond motifs is 1. The van der Waals surface area contributed by atoms with E-state index in [4.69, 9.17) is 0 Å². The van der Waals surface area contributed by atoms with Gasteiger partial charge in [-0.05, 0) is 25.0 Å². The van der Waals surface area contributed by atoms with Crippen LogP contribution in [0.2, 0.25) is 0 Å². The Bertz CT molecular complexity index is 535. The van der Waals surface area contributed by atoms with Crippen molar-refractivity contribution in [3.8, 4) is 0 Å². The summed E-state index contributed by atoms with van der Waals surface area (Å²) >= 11 is 0. The summed E-state index contributed by atoms with van der Waals surface area (Å²) in [6.07, 6.45) is 1.53. The Morgan fingerprint density at radius 1 is 1.11 bits per heavy atom. The molecule has 2 rings (SSSR count). The van der Waals surface area contributed by atoms with Crippen molar-refractivity contribution in [3.05, 3.63) is 42.1 Å². The van der Waals surface area contributed by atoms with Crippen LogP contribution in [0.15, 0.2) is 36.4 Å². The van der Waals surface area contributed by atoms with Crippen molar-refractivity contribution in [3.63, 3.8) is 0 Å². The van der Waals surface area contributed by atoms with E-state index in [1.807, 2.05) is 38.1 Å². The normalized spacial score (nSPS) is 11.9. The van der Waals surface area contributed by atoms with Crippen LogP contribution in [0.4, 0.5) is 0 Å². The number of hydrogen-bond donors (Lipinski definition) is 2. The van der Waals surface area contributed by atoms with Crippen LogP contribution in [0.5, 0.6) is 0 Å². The van der Waals surface area contributed by atoms with Crippen LogP contribution in [0.1, 0.15) is 32.4 Å². The minimum Gasteiger partial charge on any atom is -0.389 e. The van der Waals surface area contributed by atoms with E-state index in [2.05, 4.69) is 22.4 Å². The smallest absolute Gasteiger partial charge is 0.0766 e. The molecule has 3 heteroatoms. The van der Waals surface area contributed by atoms with Gasteiger partial charge in [0.1, 0.15) is 0 Å². The Hall–Kier alpha value is -1.45. The summed E-state index contributed by atoms with van der Waals surface area (Å²) < 4.78 is 0. The molecular formula is C16H22N2O. The van der Waals surface area contributed by atoms with Crippen molar-refractivity contribution in [2.45, 2.75) is 38.8 Å². The standard InChI is InChI=1S/C16H22N2O/c1-3-16(19,4-2)12-17-11-14-10-9-13-7-5-6-8-15(13)18-14/h5-10,17,19H,3-4,11-12H2,1-2H3. The fourth-order valence-electron chi connectivity index (χ4n) is 2.13. The second-order valence-corrected chi connectivity index (χ2v) is 5.03. The first-order valence-corrected chi connectivity index (χ1v) is 6.94. The SMILES string of the molecule is CCC(O)(CC)CNCc1ccc2ccccc2n1. The van der Waals surface area contributed by atoms with Crippen LogP contribution in [-0.2, 0) is 6.54 Å². The van der Waals surface area contributed by atoms with E-state index in [0.717, 1.165) is 29.4 Å². The molecule has 2 aromatic rings. The van der Waals surface area contributed by atoms with E-state index in [9.17, 15) is 5.11 Å². The van der Waals surface area contributed by atoms with Crippen LogP contribution in [0, 0.1) is 0 Å². The summed E-state index contributed by atoms with van der Waals surface area (Å²) in [5.74, 6) is 0. The first-order chi connectivity index (χ1) is 9.17. The van der Waals surface area contributed by atoms with Gasteiger partial charge in [-0.1, -0.05) is 38.1 Å². The molecule has 1 aromatic heterocycles. The average Bonchev–Trinajstić information content (AvgIpc) is 2.47. The Morgan fingerprint density at radius 2 is 1.84 bits per heavy atom. The number of nitrogens with zero attached hydrogens (tertiary/aromatic N) is 1. The summed E-state index contributed by atoms with van der Waals surface area (Å²) in [6.45, 7) is 5.32. The van der Waals surface area contributed by atoms with E-state index in [1.54, 1.807) is 0 Å². The molecule has 0 aliphatic heterocycles. The zero-order chi connectivity index (χ0) is 13.7. The first-order valence-electron chi connectivity index (χ1n) is 6.94. The molecule has 0 amide bonds. The van der Waals surface area contributed by atoms with Gasteiger partial charge in [-0.2, -0.15) is 0 Å². The quantitative estimate of drug-likeness (QED) is 0.837. The summed E-state index contributed by atoms with van der Waals surface area (Å²) in [4.78, 5) is 4.60. The van der Waals surface area contributed by atoms with Crippen LogP contribution >= 0.6 is 0 Å². The highest BCUT2D eigenvalue weighted by atomic mass is 16.3. The van der Waals surface area contributed by atoms with Gasteiger partial charge in [0.15, 0.2) is 0 Å². The molecule has 0 atom stereocenters. The Morgan fingerprint density at radius 3 is 2.58 bits per heavy atom. The zero-order valence-electron chi connectivity index (χ0n) is 11.7. The molecule has 1 aromatic carbocycles. The van der Waals surface area contributed by atoms with Gasteiger partial charge in [0, 0.05) is 18.5 Å². The monoisotopic (exact) mass is 258 g/mol. The van der Waals surface area contributed by atoms with E-state index < -0.39 is 5.60 Å². The van der Waals surface area contributed by atoms with Gasteiger partial charge in [-0.15, -0.1) is 0 Å². The van der Waals surface area contributed by atoms with Crippen molar-refractivity contribution >= 4 is 10.9 Å². The number of aromatic nitrogens is 1. The lowest BCUT2D eigenvalue weighted by molar-refractivity contribution is 0.0322. The molecule has 102 valence electrons. The third kappa shape index (κ3) is 3.52. The predicted octanol–water partition coefficient (Wildman–Crippen LogP) is 2.88. The molecule has 1 heterocycles. The van der Waals surface area contributed by atoms with Crippen molar-refractivity contribution in [1.82, 2.24) is 10.3 Å². The van der Waals surface area contributed by atoms with Gasteiger partial charge in [0.05, 0.1) is 16.8 Å². The van der Waals surface area contributed by atoms with E-state index >= 15 is 0 Å². The molecule has 0 unspecified atom stereocenters. The lowest BCUT2D eigenvalue weighted by atomic mass is 9.98. The Balaban J connectivity index is 1.98. The van der Waals surface area contributed by atoms with Gasteiger partial charge in [-0.25, -0.2) is 0 Å². The molecule has 0 radical (unpaired) electrons. The lowest BCUT2D eigenvalue weighted by Gasteiger charge is -2.25. The van der Waals surface area contributed by atoms with Gasteiger partial charge in [0.2, 0.25) is 0 Å². The highest BCUT2D eigenvalue weighted by Gasteiger charge is 2.21.